The van der Waals surface area contributed by atoms with Crippen LogP contribution in [0, 0.1) is 5.92 Å². The molecular formula is C13H24N2O. The molecule has 1 N–H and O–H groups in total. The highest BCUT2D eigenvalue weighted by molar-refractivity contribution is 5.84. The Morgan fingerprint density at radius 2 is 2.25 bits per heavy atom. The summed E-state index contributed by atoms with van der Waals surface area (Å²) in [5.74, 6) is 1.04. The van der Waals surface area contributed by atoms with Crippen LogP contribution in [-0.2, 0) is 4.79 Å². The van der Waals surface area contributed by atoms with E-state index in [2.05, 4.69) is 24.1 Å². The summed E-state index contributed by atoms with van der Waals surface area (Å²) in [7, 11) is 0. The van der Waals surface area contributed by atoms with Crippen LogP contribution in [0.15, 0.2) is 0 Å². The Bertz CT molecular complexity index is 254. The van der Waals surface area contributed by atoms with Gasteiger partial charge in [0.1, 0.15) is 0 Å². The predicted octanol–water partition coefficient (Wildman–Crippen LogP) is 2.12. The third-order valence-corrected chi connectivity index (χ3v) is 4.15. The van der Waals surface area contributed by atoms with Gasteiger partial charge in [-0.15, -0.1) is 0 Å². The van der Waals surface area contributed by atoms with Gasteiger partial charge in [0.15, 0.2) is 0 Å². The van der Waals surface area contributed by atoms with Gasteiger partial charge < -0.3 is 4.90 Å². The molecule has 1 saturated carbocycles. The summed E-state index contributed by atoms with van der Waals surface area (Å²) in [4.78, 5) is 14.3. The summed E-state index contributed by atoms with van der Waals surface area (Å²) in [6.07, 6.45) is 7.11. The van der Waals surface area contributed by atoms with Gasteiger partial charge in [-0.3, -0.25) is 10.1 Å². The van der Waals surface area contributed by atoms with Crippen LogP contribution in [0.1, 0.15) is 52.4 Å². The standard InChI is InChI=1S/C13H24N2O/c1-3-4-7-11-13(16)15(9-14-11)12-8-5-6-10(12)2/h10-12,14H,3-9H2,1-2H3. The van der Waals surface area contributed by atoms with Crippen molar-refractivity contribution in [3.63, 3.8) is 0 Å². The molecule has 3 atom stereocenters. The van der Waals surface area contributed by atoms with Crippen LogP contribution in [0.3, 0.4) is 0 Å². The van der Waals surface area contributed by atoms with Gasteiger partial charge in [0.05, 0.1) is 12.7 Å². The molecule has 2 rings (SSSR count). The van der Waals surface area contributed by atoms with Crippen molar-refractivity contribution in [1.29, 1.82) is 0 Å². The normalized spacial score (nSPS) is 35.0. The summed E-state index contributed by atoms with van der Waals surface area (Å²) in [6.45, 7) is 5.24. The summed E-state index contributed by atoms with van der Waals surface area (Å²) in [5.41, 5.74) is 0. The maximum Gasteiger partial charge on any atom is 0.241 e. The molecule has 0 aromatic rings. The van der Waals surface area contributed by atoms with Crippen molar-refractivity contribution in [2.45, 2.75) is 64.5 Å². The van der Waals surface area contributed by atoms with E-state index >= 15 is 0 Å². The highest BCUT2D eigenvalue weighted by Gasteiger charge is 2.38. The van der Waals surface area contributed by atoms with Crippen molar-refractivity contribution >= 4 is 5.91 Å². The molecule has 2 fully saturated rings. The first kappa shape index (κ1) is 11.9. The number of hydrogen-bond acceptors (Lipinski definition) is 2. The van der Waals surface area contributed by atoms with Gasteiger partial charge in [0, 0.05) is 6.04 Å². The molecule has 92 valence electrons. The molecule has 3 unspecified atom stereocenters. The van der Waals surface area contributed by atoms with E-state index in [1.165, 1.54) is 25.7 Å². The third-order valence-electron chi connectivity index (χ3n) is 4.15. The van der Waals surface area contributed by atoms with E-state index in [9.17, 15) is 4.79 Å². The number of amides is 1. The summed E-state index contributed by atoms with van der Waals surface area (Å²) >= 11 is 0. The average molecular weight is 224 g/mol. The lowest BCUT2D eigenvalue weighted by molar-refractivity contribution is -0.131. The molecular weight excluding hydrogens is 200 g/mol. The van der Waals surface area contributed by atoms with Crippen LogP contribution in [-0.4, -0.2) is 29.6 Å². The molecule has 2 aliphatic rings. The van der Waals surface area contributed by atoms with E-state index in [0.717, 1.165) is 19.5 Å². The van der Waals surface area contributed by atoms with Gasteiger partial charge in [0.25, 0.3) is 0 Å². The van der Waals surface area contributed by atoms with Gasteiger partial charge in [0.2, 0.25) is 5.91 Å². The van der Waals surface area contributed by atoms with E-state index < -0.39 is 0 Å². The van der Waals surface area contributed by atoms with Crippen molar-refractivity contribution in [3.8, 4) is 0 Å². The zero-order valence-electron chi connectivity index (χ0n) is 10.5. The molecule has 3 heteroatoms. The Balaban J connectivity index is 1.91. The van der Waals surface area contributed by atoms with Gasteiger partial charge in [-0.05, 0) is 25.2 Å². The molecule has 1 saturated heterocycles. The quantitative estimate of drug-likeness (QED) is 0.793. The zero-order chi connectivity index (χ0) is 11.5. The average Bonchev–Trinajstić information content (AvgIpc) is 2.83. The fourth-order valence-electron chi connectivity index (χ4n) is 3.08. The Morgan fingerprint density at radius 3 is 2.88 bits per heavy atom. The van der Waals surface area contributed by atoms with Crippen LogP contribution >= 0.6 is 0 Å². The van der Waals surface area contributed by atoms with E-state index in [-0.39, 0.29) is 6.04 Å². The van der Waals surface area contributed by atoms with Gasteiger partial charge in [-0.25, -0.2) is 0 Å². The molecule has 1 aliphatic carbocycles. The monoisotopic (exact) mass is 224 g/mol. The Hall–Kier alpha value is -0.570. The fraction of sp³-hybridized carbons (Fsp3) is 0.923. The number of unbranched alkanes of at least 4 members (excludes halogenated alkanes) is 1. The first-order valence-electron chi connectivity index (χ1n) is 6.78. The minimum atomic E-state index is 0.104. The second-order valence-electron chi connectivity index (χ2n) is 5.34. The highest BCUT2D eigenvalue weighted by Crippen LogP contribution is 2.31. The van der Waals surface area contributed by atoms with Gasteiger partial charge >= 0.3 is 0 Å². The largest absolute Gasteiger partial charge is 0.325 e. The van der Waals surface area contributed by atoms with Crippen LogP contribution in [0.5, 0.6) is 0 Å². The lowest BCUT2D eigenvalue weighted by atomic mass is 10.0. The minimum absolute atomic E-state index is 0.104. The Kier molecular flexibility index (Phi) is 3.85. The number of nitrogens with zero attached hydrogens (tertiary/aromatic N) is 1. The number of hydrogen-bond donors (Lipinski definition) is 1. The first-order valence-corrected chi connectivity index (χ1v) is 6.78. The molecule has 0 spiro atoms. The Morgan fingerprint density at radius 1 is 1.44 bits per heavy atom. The van der Waals surface area contributed by atoms with Crippen molar-refractivity contribution < 1.29 is 4.79 Å². The molecule has 1 aliphatic heterocycles. The highest BCUT2D eigenvalue weighted by atomic mass is 16.2. The molecule has 1 amide bonds. The number of rotatable bonds is 4. The molecule has 16 heavy (non-hydrogen) atoms. The van der Waals surface area contributed by atoms with Crippen molar-refractivity contribution in [2.24, 2.45) is 5.92 Å². The van der Waals surface area contributed by atoms with E-state index in [4.69, 9.17) is 0 Å². The fourth-order valence-corrected chi connectivity index (χ4v) is 3.08. The maximum atomic E-state index is 12.2. The summed E-state index contributed by atoms with van der Waals surface area (Å²) in [5, 5.41) is 3.37. The third kappa shape index (κ3) is 2.24. The van der Waals surface area contributed by atoms with Crippen LogP contribution in [0.2, 0.25) is 0 Å². The SMILES string of the molecule is CCCCC1NCN(C2CCCC2C)C1=O. The molecule has 1 heterocycles. The van der Waals surface area contributed by atoms with Crippen molar-refractivity contribution in [1.82, 2.24) is 10.2 Å². The minimum Gasteiger partial charge on any atom is -0.325 e. The van der Waals surface area contributed by atoms with Crippen LogP contribution in [0.25, 0.3) is 0 Å². The molecule has 0 aromatic heterocycles. The number of carbonyl (C=O) groups excluding carboxylic acids is 1. The zero-order valence-corrected chi connectivity index (χ0v) is 10.5. The van der Waals surface area contributed by atoms with Gasteiger partial charge in [-0.2, -0.15) is 0 Å². The van der Waals surface area contributed by atoms with Gasteiger partial charge in [-0.1, -0.05) is 33.1 Å². The molecule has 0 aromatic carbocycles. The van der Waals surface area contributed by atoms with E-state index in [1.807, 2.05) is 0 Å². The first-order chi connectivity index (χ1) is 7.74. The molecule has 0 bridgehead atoms. The predicted molar refractivity (Wildman–Crippen MR) is 65.0 cm³/mol. The lowest BCUT2D eigenvalue weighted by Crippen LogP contribution is -2.40. The second kappa shape index (κ2) is 5.17. The Labute approximate surface area is 98.6 Å². The van der Waals surface area contributed by atoms with Crippen LogP contribution < -0.4 is 5.32 Å². The molecule has 0 radical (unpaired) electrons. The van der Waals surface area contributed by atoms with E-state index in [0.29, 0.717) is 17.9 Å². The lowest BCUT2D eigenvalue weighted by Gasteiger charge is -2.27. The van der Waals surface area contributed by atoms with Crippen molar-refractivity contribution in [2.75, 3.05) is 6.67 Å². The number of nitrogens with one attached hydrogen (secondary N) is 1. The summed E-state index contributed by atoms with van der Waals surface area (Å²) < 4.78 is 0. The maximum absolute atomic E-state index is 12.2. The van der Waals surface area contributed by atoms with E-state index in [1.54, 1.807) is 0 Å². The second-order valence-corrected chi connectivity index (χ2v) is 5.34. The van der Waals surface area contributed by atoms with Crippen LogP contribution in [0.4, 0.5) is 0 Å². The summed E-state index contributed by atoms with van der Waals surface area (Å²) in [6, 6.07) is 0.611. The number of carbonyl (C=O) groups is 1. The topological polar surface area (TPSA) is 32.3 Å². The van der Waals surface area contributed by atoms with Crippen molar-refractivity contribution in [3.05, 3.63) is 0 Å². The molecule has 3 nitrogen and oxygen atoms in total. The smallest absolute Gasteiger partial charge is 0.241 e.